The van der Waals surface area contributed by atoms with E-state index in [1.807, 2.05) is 37.3 Å². The average Bonchev–Trinajstić information content (AvgIpc) is 3.28. The number of alkyl halides is 2. The standard InChI is InChI=1S/C25H20F2N2O4/c1-4-15-6-5-7-16(10-15)22-14(2)8-9-21(28-22)29-23(30)24(3)13-31-18-12-20-19(11-17(18)24)32-25(26,27)33-20/h4-12H,1,13H2,2-3H3,(H,28,29,30). The van der Waals surface area contributed by atoms with Gasteiger partial charge in [0.25, 0.3) is 0 Å². The molecule has 1 N–H and O–H groups in total. The zero-order valence-corrected chi connectivity index (χ0v) is 17.9. The number of carbonyl (C=O) groups excluding carboxylic acids is 1. The second-order valence-corrected chi connectivity index (χ2v) is 8.23. The van der Waals surface area contributed by atoms with Gasteiger partial charge in [-0.25, -0.2) is 4.98 Å². The first kappa shape index (κ1) is 20.9. The summed E-state index contributed by atoms with van der Waals surface area (Å²) < 4.78 is 41.5. The van der Waals surface area contributed by atoms with Crippen LogP contribution in [0, 0.1) is 6.92 Å². The molecule has 6 nitrogen and oxygen atoms in total. The van der Waals surface area contributed by atoms with Crippen molar-refractivity contribution in [2.24, 2.45) is 0 Å². The number of rotatable bonds is 4. The molecule has 0 saturated heterocycles. The molecule has 33 heavy (non-hydrogen) atoms. The van der Waals surface area contributed by atoms with Crippen LogP contribution in [0.3, 0.4) is 0 Å². The lowest BCUT2D eigenvalue weighted by molar-refractivity contribution is -0.286. The third-order valence-corrected chi connectivity index (χ3v) is 5.85. The number of hydrogen-bond donors (Lipinski definition) is 1. The molecule has 0 fully saturated rings. The first-order valence-electron chi connectivity index (χ1n) is 10.3. The molecule has 8 heteroatoms. The largest absolute Gasteiger partial charge is 0.586 e. The number of ether oxygens (including phenoxy) is 3. The van der Waals surface area contributed by atoms with Crippen LogP contribution in [-0.4, -0.2) is 23.8 Å². The van der Waals surface area contributed by atoms with Gasteiger partial charge in [0.1, 0.15) is 23.6 Å². The molecule has 1 amide bonds. The number of nitrogens with zero attached hydrogens (tertiary/aromatic N) is 1. The zero-order chi connectivity index (χ0) is 23.4. The Kier molecular flexibility index (Phi) is 4.63. The molecule has 0 bridgehead atoms. The lowest BCUT2D eigenvalue weighted by Crippen LogP contribution is -2.39. The highest BCUT2D eigenvalue weighted by atomic mass is 19.3. The molecule has 3 aromatic rings. The van der Waals surface area contributed by atoms with E-state index in [1.54, 1.807) is 19.1 Å². The predicted octanol–water partition coefficient (Wildman–Crippen LogP) is 5.31. The van der Waals surface area contributed by atoms with Crippen molar-refractivity contribution in [3.8, 4) is 28.5 Å². The molecular weight excluding hydrogens is 430 g/mol. The second-order valence-electron chi connectivity index (χ2n) is 8.23. The molecule has 5 rings (SSSR count). The Labute approximate surface area is 188 Å². The van der Waals surface area contributed by atoms with Gasteiger partial charge in [-0.15, -0.1) is 8.78 Å². The smallest absolute Gasteiger partial charge is 0.492 e. The van der Waals surface area contributed by atoms with E-state index in [0.717, 1.165) is 22.4 Å². The Morgan fingerprint density at radius 1 is 1.12 bits per heavy atom. The third kappa shape index (κ3) is 3.57. The van der Waals surface area contributed by atoms with Gasteiger partial charge in [0, 0.05) is 17.2 Å². The van der Waals surface area contributed by atoms with Crippen LogP contribution in [0.2, 0.25) is 0 Å². The summed E-state index contributed by atoms with van der Waals surface area (Å²) in [6.45, 7) is 7.45. The Balaban J connectivity index is 1.44. The molecule has 0 saturated carbocycles. The van der Waals surface area contributed by atoms with Crippen LogP contribution < -0.4 is 19.5 Å². The van der Waals surface area contributed by atoms with E-state index >= 15 is 0 Å². The van der Waals surface area contributed by atoms with Crippen molar-refractivity contribution in [1.29, 1.82) is 0 Å². The van der Waals surface area contributed by atoms with Gasteiger partial charge in [-0.05, 0) is 43.2 Å². The maximum atomic E-state index is 13.4. The van der Waals surface area contributed by atoms with Crippen molar-refractivity contribution in [3.63, 3.8) is 0 Å². The summed E-state index contributed by atoms with van der Waals surface area (Å²) in [4.78, 5) is 17.9. The fraction of sp³-hybridized carbons (Fsp3) is 0.200. The van der Waals surface area contributed by atoms with Crippen molar-refractivity contribution < 1.29 is 27.8 Å². The number of amides is 1. The average molecular weight is 450 g/mol. The van der Waals surface area contributed by atoms with E-state index in [-0.39, 0.29) is 24.0 Å². The van der Waals surface area contributed by atoms with Crippen LogP contribution in [0.15, 0.2) is 55.1 Å². The van der Waals surface area contributed by atoms with E-state index in [1.165, 1.54) is 12.1 Å². The molecule has 0 aliphatic carbocycles. The summed E-state index contributed by atoms with van der Waals surface area (Å²) in [5.74, 6) is 0.0169. The molecule has 1 atom stereocenters. The minimum absolute atomic E-state index is 0.0353. The second kappa shape index (κ2) is 7.30. The molecule has 2 aromatic carbocycles. The SMILES string of the molecule is C=Cc1cccc(-c2nc(NC(=O)C3(C)COc4cc5c(cc43)OC(F)(F)O5)ccc2C)c1. The van der Waals surface area contributed by atoms with Gasteiger partial charge < -0.3 is 19.5 Å². The summed E-state index contributed by atoms with van der Waals surface area (Å²) in [7, 11) is 0. The Morgan fingerprint density at radius 3 is 2.64 bits per heavy atom. The summed E-state index contributed by atoms with van der Waals surface area (Å²) >= 11 is 0. The van der Waals surface area contributed by atoms with Gasteiger partial charge in [0.2, 0.25) is 5.91 Å². The number of halogens is 2. The molecule has 2 aliphatic heterocycles. The van der Waals surface area contributed by atoms with Gasteiger partial charge in [0.15, 0.2) is 11.5 Å². The van der Waals surface area contributed by atoms with Crippen molar-refractivity contribution in [2.75, 3.05) is 11.9 Å². The fourth-order valence-electron chi connectivity index (χ4n) is 3.97. The van der Waals surface area contributed by atoms with Gasteiger partial charge in [-0.3, -0.25) is 4.79 Å². The lowest BCUT2D eigenvalue weighted by atomic mass is 9.83. The number of nitrogens with one attached hydrogen (secondary N) is 1. The number of benzene rings is 2. The molecular formula is C25H20F2N2O4. The summed E-state index contributed by atoms with van der Waals surface area (Å²) in [6, 6.07) is 14.0. The Bertz CT molecular complexity index is 1310. The third-order valence-electron chi connectivity index (χ3n) is 5.85. The summed E-state index contributed by atoms with van der Waals surface area (Å²) in [6.07, 6.45) is -1.99. The first-order chi connectivity index (χ1) is 15.7. The maximum Gasteiger partial charge on any atom is 0.586 e. The quantitative estimate of drug-likeness (QED) is 0.583. The molecule has 3 heterocycles. The van der Waals surface area contributed by atoms with E-state index in [2.05, 4.69) is 26.4 Å². The zero-order valence-electron chi connectivity index (χ0n) is 17.9. The minimum Gasteiger partial charge on any atom is -0.492 e. The number of aryl methyl sites for hydroxylation is 1. The van der Waals surface area contributed by atoms with Crippen LogP contribution >= 0.6 is 0 Å². The van der Waals surface area contributed by atoms with Crippen LogP contribution in [0.25, 0.3) is 17.3 Å². The molecule has 0 radical (unpaired) electrons. The minimum atomic E-state index is -3.75. The number of pyridine rings is 1. The molecule has 2 aliphatic rings. The summed E-state index contributed by atoms with van der Waals surface area (Å²) in [5, 5.41) is 2.84. The number of hydrogen-bond acceptors (Lipinski definition) is 5. The Hall–Kier alpha value is -3.94. The highest BCUT2D eigenvalue weighted by molar-refractivity contribution is 6.00. The summed E-state index contributed by atoms with van der Waals surface area (Å²) in [5.41, 5.74) is 2.83. The molecule has 168 valence electrons. The van der Waals surface area contributed by atoms with Gasteiger partial charge in [0.05, 0.1) is 5.69 Å². The normalized spacial score (nSPS) is 19.5. The van der Waals surface area contributed by atoms with E-state index < -0.39 is 11.7 Å². The van der Waals surface area contributed by atoms with Crippen LogP contribution in [0.4, 0.5) is 14.6 Å². The highest BCUT2D eigenvalue weighted by Crippen LogP contribution is 2.50. The maximum absolute atomic E-state index is 13.4. The number of carbonyl (C=O) groups is 1. The molecule has 0 spiro atoms. The van der Waals surface area contributed by atoms with E-state index in [0.29, 0.717) is 17.1 Å². The molecule has 1 unspecified atom stereocenters. The van der Waals surface area contributed by atoms with Crippen LogP contribution in [-0.2, 0) is 10.2 Å². The number of anilines is 1. The highest BCUT2D eigenvalue weighted by Gasteiger charge is 2.49. The van der Waals surface area contributed by atoms with Gasteiger partial charge in [-0.1, -0.05) is 36.9 Å². The van der Waals surface area contributed by atoms with Crippen molar-refractivity contribution in [2.45, 2.75) is 25.6 Å². The predicted molar refractivity (Wildman–Crippen MR) is 119 cm³/mol. The van der Waals surface area contributed by atoms with E-state index in [4.69, 9.17) is 4.74 Å². The van der Waals surface area contributed by atoms with Crippen LogP contribution in [0.5, 0.6) is 17.2 Å². The first-order valence-corrected chi connectivity index (χ1v) is 10.3. The number of fused-ring (bicyclic) bond motifs is 2. The lowest BCUT2D eigenvalue weighted by Gasteiger charge is -2.22. The van der Waals surface area contributed by atoms with Gasteiger partial charge >= 0.3 is 6.29 Å². The van der Waals surface area contributed by atoms with Crippen molar-refractivity contribution >= 4 is 17.8 Å². The van der Waals surface area contributed by atoms with Crippen molar-refractivity contribution in [1.82, 2.24) is 4.98 Å². The number of aromatic nitrogens is 1. The van der Waals surface area contributed by atoms with Crippen LogP contribution in [0.1, 0.15) is 23.6 Å². The topological polar surface area (TPSA) is 69.7 Å². The van der Waals surface area contributed by atoms with Crippen molar-refractivity contribution in [3.05, 3.63) is 71.8 Å². The van der Waals surface area contributed by atoms with E-state index in [9.17, 15) is 13.6 Å². The Morgan fingerprint density at radius 2 is 1.88 bits per heavy atom. The fourth-order valence-corrected chi connectivity index (χ4v) is 3.97. The monoisotopic (exact) mass is 450 g/mol. The molecule has 1 aromatic heterocycles. The van der Waals surface area contributed by atoms with Gasteiger partial charge in [-0.2, -0.15) is 0 Å².